The van der Waals surface area contributed by atoms with Gasteiger partial charge in [-0.25, -0.2) is 4.79 Å². The van der Waals surface area contributed by atoms with Gasteiger partial charge in [-0.05, 0) is 24.5 Å². The molecule has 1 amide bonds. The Balaban J connectivity index is 2.83. The van der Waals surface area contributed by atoms with E-state index in [9.17, 15) is 9.59 Å². The van der Waals surface area contributed by atoms with E-state index in [4.69, 9.17) is 15.6 Å². The summed E-state index contributed by atoms with van der Waals surface area (Å²) >= 11 is 0. The van der Waals surface area contributed by atoms with Gasteiger partial charge in [-0.1, -0.05) is 13.8 Å². The smallest absolute Gasteiger partial charge is 0.339 e. The fraction of sp³-hybridized carbons (Fsp3) is 0.429. The predicted molar refractivity (Wildman–Crippen MR) is 76.0 cm³/mol. The largest absolute Gasteiger partial charge is 0.496 e. The van der Waals surface area contributed by atoms with Gasteiger partial charge in [0.25, 0.3) is 0 Å². The van der Waals surface area contributed by atoms with Crippen molar-refractivity contribution in [3.8, 4) is 5.75 Å². The number of benzene rings is 1. The SMILES string of the molecule is COc1cc(NC(=O)[C@@H](N)CC(C)C)ccc1C(=O)O. The first-order chi connectivity index (χ1) is 9.35. The maximum Gasteiger partial charge on any atom is 0.339 e. The molecule has 0 aromatic heterocycles. The molecule has 20 heavy (non-hydrogen) atoms. The maximum atomic E-state index is 11.9. The van der Waals surface area contributed by atoms with Gasteiger partial charge >= 0.3 is 5.97 Å². The molecule has 6 heteroatoms. The molecule has 0 radical (unpaired) electrons. The molecular weight excluding hydrogens is 260 g/mol. The van der Waals surface area contributed by atoms with E-state index in [1.807, 2.05) is 13.8 Å². The average molecular weight is 280 g/mol. The van der Waals surface area contributed by atoms with Crippen LogP contribution in [0, 0.1) is 5.92 Å². The van der Waals surface area contributed by atoms with Crippen LogP contribution in [0.4, 0.5) is 5.69 Å². The molecule has 0 saturated heterocycles. The Kier molecular flexibility index (Phi) is 5.52. The quantitative estimate of drug-likeness (QED) is 0.736. The van der Waals surface area contributed by atoms with Crippen LogP contribution in [0.1, 0.15) is 30.6 Å². The second-order valence-corrected chi connectivity index (χ2v) is 4.95. The number of anilines is 1. The molecule has 0 unspecified atom stereocenters. The summed E-state index contributed by atoms with van der Waals surface area (Å²) < 4.78 is 4.99. The first-order valence-electron chi connectivity index (χ1n) is 6.33. The number of carbonyl (C=O) groups excluding carboxylic acids is 1. The van der Waals surface area contributed by atoms with Crippen LogP contribution in [-0.2, 0) is 4.79 Å². The van der Waals surface area contributed by atoms with E-state index in [0.717, 1.165) is 0 Å². The summed E-state index contributed by atoms with van der Waals surface area (Å²) in [5.74, 6) is -0.882. The summed E-state index contributed by atoms with van der Waals surface area (Å²) in [7, 11) is 1.37. The Morgan fingerprint density at radius 1 is 1.40 bits per heavy atom. The van der Waals surface area contributed by atoms with Crippen molar-refractivity contribution in [3.63, 3.8) is 0 Å². The van der Waals surface area contributed by atoms with Crippen LogP contribution in [0.5, 0.6) is 5.75 Å². The van der Waals surface area contributed by atoms with E-state index >= 15 is 0 Å². The highest BCUT2D eigenvalue weighted by Crippen LogP contribution is 2.23. The molecule has 0 fully saturated rings. The molecular formula is C14H20N2O4. The topological polar surface area (TPSA) is 102 Å². The Morgan fingerprint density at radius 3 is 2.55 bits per heavy atom. The zero-order valence-electron chi connectivity index (χ0n) is 11.8. The highest BCUT2D eigenvalue weighted by Gasteiger charge is 2.17. The predicted octanol–water partition coefficient (Wildman–Crippen LogP) is 1.71. The number of nitrogens with two attached hydrogens (primary N) is 1. The van der Waals surface area contributed by atoms with E-state index in [0.29, 0.717) is 18.0 Å². The Morgan fingerprint density at radius 2 is 2.05 bits per heavy atom. The fourth-order valence-corrected chi connectivity index (χ4v) is 1.80. The summed E-state index contributed by atoms with van der Waals surface area (Å²) in [6.07, 6.45) is 0.580. The van der Waals surface area contributed by atoms with Crippen molar-refractivity contribution in [3.05, 3.63) is 23.8 Å². The molecule has 1 aromatic carbocycles. The summed E-state index contributed by atoms with van der Waals surface area (Å²) in [5, 5.41) is 11.6. The minimum absolute atomic E-state index is 0.0389. The number of nitrogens with one attached hydrogen (secondary N) is 1. The summed E-state index contributed by atoms with van der Waals surface area (Å²) in [5.41, 5.74) is 6.27. The molecule has 0 aliphatic heterocycles. The van der Waals surface area contributed by atoms with Crippen LogP contribution >= 0.6 is 0 Å². The average Bonchev–Trinajstić information content (AvgIpc) is 2.37. The summed E-state index contributed by atoms with van der Waals surface area (Å²) in [6.45, 7) is 3.97. The first kappa shape index (κ1) is 16.0. The molecule has 0 aliphatic rings. The van der Waals surface area contributed by atoms with Gasteiger partial charge in [-0.3, -0.25) is 4.79 Å². The first-order valence-corrected chi connectivity index (χ1v) is 6.33. The van der Waals surface area contributed by atoms with E-state index in [1.165, 1.54) is 25.3 Å². The molecule has 6 nitrogen and oxygen atoms in total. The standard InChI is InChI=1S/C14H20N2O4/c1-8(2)6-11(15)13(17)16-9-4-5-10(14(18)19)12(7-9)20-3/h4-5,7-8,11H,6,15H2,1-3H3,(H,16,17)(H,18,19)/t11-/m0/s1. The monoisotopic (exact) mass is 280 g/mol. The number of hydrogen-bond donors (Lipinski definition) is 3. The Bertz CT molecular complexity index is 500. The number of carbonyl (C=O) groups is 2. The number of hydrogen-bond acceptors (Lipinski definition) is 4. The highest BCUT2D eigenvalue weighted by molar-refractivity contribution is 5.96. The van der Waals surface area contributed by atoms with Crippen LogP contribution in [0.15, 0.2) is 18.2 Å². The molecule has 0 heterocycles. The van der Waals surface area contributed by atoms with Crippen molar-refractivity contribution in [2.75, 3.05) is 12.4 Å². The van der Waals surface area contributed by atoms with Crippen molar-refractivity contribution >= 4 is 17.6 Å². The van der Waals surface area contributed by atoms with Gasteiger partial charge in [0.1, 0.15) is 11.3 Å². The molecule has 0 bridgehead atoms. The number of carboxylic acids is 1. The van der Waals surface area contributed by atoms with Gasteiger partial charge in [0.2, 0.25) is 5.91 Å². The number of rotatable bonds is 6. The summed E-state index contributed by atoms with van der Waals surface area (Å²) in [6, 6.07) is 3.75. The Labute approximate surface area is 117 Å². The Hall–Kier alpha value is -2.08. The lowest BCUT2D eigenvalue weighted by Crippen LogP contribution is -2.36. The van der Waals surface area contributed by atoms with Gasteiger partial charge in [0.15, 0.2) is 0 Å². The molecule has 0 spiro atoms. The van der Waals surface area contributed by atoms with E-state index < -0.39 is 12.0 Å². The molecule has 1 aromatic rings. The molecule has 1 atom stereocenters. The van der Waals surface area contributed by atoms with Crippen molar-refractivity contribution in [1.29, 1.82) is 0 Å². The number of aromatic carboxylic acids is 1. The van der Waals surface area contributed by atoms with Gasteiger partial charge in [-0.15, -0.1) is 0 Å². The third-order valence-corrected chi connectivity index (χ3v) is 2.76. The van der Waals surface area contributed by atoms with Crippen LogP contribution in [-0.4, -0.2) is 30.1 Å². The molecule has 110 valence electrons. The van der Waals surface area contributed by atoms with Crippen molar-refractivity contribution < 1.29 is 19.4 Å². The molecule has 1 rings (SSSR count). The maximum absolute atomic E-state index is 11.9. The minimum atomic E-state index is -1.09. The molecule has 0 saturated carbocycles. The third-order valence-electron chi connectivity index (χ3n) is 2.76. The number of amides is 1. The summed E-state index contributed by atoms with van der Waals surface area (Å²) in [4.78, 5) is 22.8. The second-order valence-electron chi connectivity index (χ2n) is 4.95. The number of carboxylic acid groups (broad SMARTS) is 1. The lowest BCUT2D eigenvalue weighted by Gasteiger charge is -2.15. The van der Waals surface area contributed by atoms with Gasteiger partial charge < -0.3 is 20.9 Å². The van der Waals surface area contributed by atoms with Gasteiger partial charge in [0, 0.05) is 11.8 Å². The van der Waals surface area contributed by atoms with Gasteiger partial charge in [-0.2, -0.15) is 0 Å². The van der Waals surface area contributed by atoms with Crippen LogP contribution < -0.4 is 15.8 Å². The normalized spacial score (nSPS) is 12.1. The fourth-order valence-electron chi connectivity index (χ4n) is 1.80. The third kappa shape index (κ3) is 4.24. The highest BCUT2D eigenvalue weighted by atomic mass is 16.5. The zero-order valence-corrected chi connectivity index (χ0v) is 11.8. The van der Waals surface area contributed by atoms with Crippen LogP contribution in [0.2, 0.25) is 0 Å². The molecule has 0 aliphatic carbocycles. The van der Waals surface area contributed by atoms with E-state index in [2.05, 4.69) is 5.32 Å². The minimum Gasteiger partial charge on any atom is -0.496 e. The number of methoxy groups -OCH3 is 1. The zero-order chi connectivity index (χ0) is 15.3. The lowest BCUT2D eigenvalue weighted by atomic mass is 10.0. The van der Waals surface area contributed by atoms with E-state index in [-0.39, 0.29) is 17.2 Å². The second kappa shape index (κ2) is 6.91. The van der Waals surface area contributed by atoms with Crippen LogP contribution in [0.25, 0.3) is 0 Å². The van der Waals surface area contributed by atoms with Crippen LogP contribution in [0.3, 0.4) is 0 Å². The molecule has 4 N–H and O–H groups in total. The van der Waals surface area contributed by atoms with Crippen molar-refractivity contribution in [2.24, 2.45) is 11.7 Å². The lowest BCUT2D eigenvalue weighted by molar-refractivity contribution is -0.117. The number of ether oxygens (including phenoxy) is 1. The van der Waals surface area contributed by atoms with E-state index in [1.54, 1.807) is 0 Å². The van der Waals surface area contributed by atoms with Gasteiger partial charge in [0.05, 0.1) is 13.2 Å². The van der Waals surface area contributed by atoms with Crippen molar-refractivity contribution in [2.45, 2.75) is 26.3 Å². The van der Waals surface area contributed by atoms with Crippen molar-refractivity contribution in [1.82, 2.24) is 0 Å².